The van der Waals surface area contributed by atoms with E-state index in [-0.39, 0.29) is 5.69 Å². The number of hydrogen-bond donors (Lipinski definition) is 0. The Balaban J connectivity index is 1.67. The van der Waals surface area contributed by atoms with Gasteiger partial charge in [-0.15, -0.1) is 0 Å². The minimum absolute atomic E-state index is 0.0726. The molecule has 0 radical (unpaired) electrons. The smallest absolute Gasteiger partial charge is 0.269 e. The third-order valence-corrected chi connectivity index (χ3v) is 4.13. The van der Waals surface area contributed by atoms with Gasteiger partial charge in [0, 0.05) is 18.3 Å². The summed E-state index contributed by atoms with van der Waals surface area (Å²) in [6, 6.07) is 20.2. The van der Waals surface area contributed by atoms with Gasteiger partial charge in [-0.3, -0.25) is 15.1 Å². The highest BCUT2D eigenvalue weighted by molar-refractivity contribution is 5.82. The number of benzene rings is 3. The summed E-state index contributed by atoms with van der Waals surface area (Å²) in [5, 5.41) is 10.7. The standard InChI is InChI=1S/C22H20N2O3/c1-16-6-7-17(2)22(12-16)23-14-19-4-3-5-21(13-19)27-15-18-8-10-20(11-9-18)24(25)26/h3-14H,15H2,1-2H3. The Labute approximate surface area is 158 Å². The van der Waals surface area contributed by atoms with Gasteiger partial charge in [0.2, 0.25) is 0 Å². The van der Waals surface area contributed by atoms with E-state index < -0.39 is 4.92 Å². The average Bonchev–Trinajstić information content (AvgIpc) is 2.68. The number of aryl methyl sites for hydroxylation is 2. The zero-order valence-electron chi connectivity index (χ0n) is 15.3. The summed E-state index contributed by atoms with van der Waals surface area (Å²) in [6.07, 6.45) is 1.82. The number of nitro benzene ring substituents is 1. The van der Waals surface area contributed by atoms with Crippen molar-refractivity contribution in [3.05, 3.63) is 99.1 Å². The fourth-order valence-electron chi connectivity index (χ4n) is 2.57. The Bertz CT molecular complexity index is 979. The lowest BCUT2D eigenvalue weighted by Gasteiger charge is -2.07. The van der Waals surface area contributed by atoms with E-state index in [1.165, 1.54) is 17.7 Å². The second kappa shape index (κ2) is 8.27. The quantitative estimate of drug-likeness (QED) is 0.329. The maximum absolute atomic E-state index is 10.7. The highest BCUT2D eigenvalue weighted by Crippen LogP contribution is 2.21. The Morgan fingerprint density at radius 2 is 1.81 bits per heavy atom. The SMILES string of the molecule is Cc1ccc(C)c(N=Cc2cccc(OCc3ccc([N+](=O)[O-])cc3)c2)c1. The van der Waals surface area contributed by atoms with Gasteiger partial charge < -0.3 is 4.74 Å². The second-order valence-electron chi connectivity index (χ2n) is 6.33. The monoisotopic (exact) mass is 360 g/mol. The van der Waals surface area contributed by atoms with E-state index >= 15 is 0 Å². The van der Waals surface area contributed by atoms with Crippen LogP contribution in [-0.4, -0.2) is 11.1 Å². The number of ether oxygens (including phenoxy) is 1. The van der Waals surface area contributed by atoms with Gasteiger partial charge in [-0.2, -0.15) is 0 Å². The van der Waals surface area contributed by atoms with Gasteiger partial charge >= 0.3 is 0 Å². The van der Waals surface area contributed by atoms with Crippen molar-refractivity contribution < 1.29 is 9.66 Å². The molecule has 0 saturated carbocycles. The molecule has 0 fully saturated rings. The van der Waals surface area contributed by atoms with Gasteiger partial charge in [-0.1, -0.05) is 24.3 Å². The van der Waals surface area contributed by atoms with E-state index in [0.717, 1.165) is 28.1 Å². The first-order chi connectivity index (χ1) is 13.0. The van der Waals surface area contributed by atoms with Crippen molar-refractivity contribution in [2.75, 3.05) is 0 Å². The van der Waals surface area contributed by atoms with Crippen LogP contribution in [0.15, 0.2) is 71.7 Å². The molecule has 3 aromatic carbocycles. The normalized spacial score (nSPS) is 10.9. The Hall–Kier alpha value is -3.47. The highest BCUT2D eigenvalue weighted by atomic mass is 16.6. The fourth-order valence-corrected chi connectivity index (χ4v) is 2.57. The summed E-state index contributed by atoms with van der Waals surface area (Å²) in [7, 11) is 0. The molecule has 0 aliphatic carbocycles. The molecule has 27 heavy (non-hydrogen) atoms. The van der Waals surface area contributed by atoms with Crippen LogP contribution in [0.4, 0.5) is 11.4 Å². The molecule has 0 unspecified atom stereocenters. The first-order valence-corrected chi connectivity index (χ1v) is 8.59. The van der Waals surface area contributed by atoms with Crippen LogP contribution >= 0.6 is 0 Å². The van der Waals surface area contributed by atoms with Crippen molar-refractivity contribution in [1.29, 1.82) is 0 Å². The molecule has 0 atom stereocenters. The van der Waals surface area contributed by atoms with Crippen molar-refractivity contribution >= 4 is 17.6 Å². The molecular weight excluding hydrogens is 340 g/mol. The molecule has 0 saturated heterocycles. The van der Waals surface area contributed by atoms with Crippen molar-refractivity contribution in [2.24, 2.45) is 4.99 Å². The molecule has 0 aromatic heterocycles. The van der Waals surface area contributed by atoms with Crippen LogP contribution in [0.25, 0.3) is 0 Å². The lowest BCUT2D eigenvalue weighted by Crippen LogP contribution is -1.96. The van der Waals surface area contributed by atoms with Crippen LogP contribution in [0, 0.1) is 24.0 Å². The van der Waals surface area contributed by atoms with Crippen LogP contribution in [0.1, 0.15) is 22.3 Å². The van der Waals surface area contributed by atoms with Crippen LogP contribution in [0.3, 0.4) is 0 Å². The number of non-ortho nitro benzene ring substituents is 1. The minimum Gasteiger partial charge on any atom is -0.489 e. The van der Waals surface area contributed by atoms with E-state index in [2.05, 4.69) is 23.2 Å². The molecule has 0 aliphatic heterocycles. The molecule has 0 heterocycles. The summed E-state index contributed by atoms with van der Waals surface area (Å²) in [4.78, 5) is 14.9. The van der Waals surface area contributed by atoms with Crippen molar-refractivity contribution in [1.82, 2.24) is 0 Å². The van der Waals surface area contributed by atoms with E-state index in [4.69, 9.17) is 4.74 Å². The predicted octanol–water partition coefficient (Wildman–Crippen LogP) is 5.54. The molecule has 0 aliphatic rings. The Morgan fingerprint density at radius 1 is 1.04 bits per heavy atom. The summed E-state index contributed by atoms with van der Waals surface area (Å²) in [6.45, 7) is 4.43. The van der Waals surface area contributed by atoms with Crippen molar-refractivity contribution in [2.45, 2.75) is 20.5 Å². The van der Waals surface area contributed by atoms with Gasteiger partial charge in [0.25, 0.3) is 5.69 Å². The van der Waals surface area contributed by atoms with Crippen LogP contribution < -0.4 is 4.74 Å². The molecule has 0 bridgehead atoms. The van der Waals surface area contributed by atoms with E-state index in [1.807, 2.05) is 44.3 Å². The Morgan fingerprint density at radius 3 is 2.56 bits per heavy atom. The molecular formula is C22H20N2O3. The van der Waals surface area contributed by atoms with Gasteiger partial charge in [0.1, 0.15) is 12.4 Å². The number of nitrogens with zero attached hydrogens (tertiary/aromatic N) is 2. The minimum atomic E-state index is -0.413. The van der Waals surface area contributed by atoms with Crippen molar-refractivity contribution in [3.8, 4) is 5.75 Å². The third-order valence-electron chi connectivity index (χ3n) is 4.13. The van der Waals surface area contributed by atoms with E-state index in [0.29, 0.717) is 6.61 Å². The topological polar surface area (TPSA) is 64.7 Å². The Kier molecular flexibility index (Phi) is 5.61. The van der Waals surface area contributed by atoms with Gasteiger partial charge in [0.15, 0.2) is 0 Å². The first kappa shape index (κ1) is 18.3. The second-order valence-corrected chi connectivity index (χ2v) is 6.33. The van der Waals surface area contributed by atoms with Crippen LogP contribution in [-0.2, 0) is 6.61 Å². The lowest BCUT2D eigenvalue weighted by atomic mass is 10.1. The molecule has 0 N–H and O–H groups in total. The third kappa shape index (κ3) is 5.01. The predicted molar refractivity (Wildman–Crippen MR) is 107 cm³/mol. The van der Waals surface area contributed by atoms with Gasteiger partial charge in [-0.25, -0.2) is 0 Å². The van der Waals surface area contributed by atoms with E-state index in [9.17, 15) is 10.1 Å². The van der Waals surface area contributed by atoms with Crippen LogP contribution in [0.2, 0.25) is 0 Å². The summed E-state index contributed by atoms with van der Waals surface area (Å²) in [5.74, 6) is 0.721. The number of nitro groups is 1. The molecule has 5 nitrogen and oxygen atoms in total. The largest absolute Gasteiger partial charge is 0.489 e. The highest BCUT2D eigenvalue weighted by Gasteiger charge is 2.04. The fraction of sp³-hybridized carbons (Fsp3) is 0.136. The zero-order valence-corrected chi connectivity index (χ0v) is 15.3. The number of hydrogen-bond acceptors (Lipinski definition) is 4. The van der Waals surface area contributed by atoms with E-state index in [1.54, 1.807) is 12.1 Å². The molecule has 136 valence electrons. The molecule has 5 heteroatoms. The molecule has 3 rings (SSSR count). The average molecular weight is 360 g/mol. The maximum Gasteiger partial charge on any atom is 0.269 e. The summed E-state index contributed by atoms with van der Waals surface area (Å²) in [5.41, 5.74) is 5.14. The number of rotatable bonds is 6. The van der Waals surface area contributed by atoms with Gasteiger partial charge in [0.05, 0.1) is 10.6 Å². The molecule has 0 amide bonds. The van der Waals surface area contributed by atoms with Gasteiger partial charge in [-0.05, 0) is 66.4 Å². The molecule has 0 spiro atoms. The number of aliphatic imine (C=N–C) groups is 1. The lowest BCUT2D eigenvalue weighted by molar-refractivity contribution is -0.384. The van der Waals surface area contributed by atoms with Crippen molar-refractivity contribution in [3.63, 3.8) is 0 Å². The first-order valence-electron chi connectivity index (χ1n) is 8.59. The van der Waals surface area contributed by atoms with Crippen LogP contribution in [0.5, 0.6) is 5.75 Å². The summed E-state index contributed by atoms with van der Waals surface area (Å²) >= 11 is 0. The molecule has 3 aromatic rings. The zero-order chi connectivity index (χ0) is 19.2. The maximum atomic E-state index is 10.7. The summed E-state index contributed by atoms with van der Waals surface area (Å²) < 4.78 is 5.80.